The summed E-state index contributed by atoms with van der Waals surface area (Å²) in [7, 11) is 0.0644. The molecule has 0 aromatic carbocycles. The Kier molecular flexibility index (Phi) is 2.18. The van der Waals surface area contributed by atoms with E-state index in [9.17, 15) is 0 Å². The summed E-state index contributed by atoms with van der Waals surface area (Å²) in [6, 6.07) is 4.15. The Morgan fingerprint density at radius 1 is 1.22 bits per heavy atom. The molecule has 0 saturated heterocycles. The molecule has 0 radical (unpaired) electrons. The molecule has 1 aromatic heterocycles. The number of hydrogen-bond acceptors (Lipinski definition) is 1. The van der Waals surface area contributed by atoms with Gasteiger partial charge in [-0.2, -0.15) is 0 Å². The summed E-state index contributed by atoms with van der Waals surface area (Å²) in [6.07, 6.45) is 3.69. The first-order valence-corrected chi connectivity index (χ1v) is 5.11. The van der Waals surface area contributed by atoms with Crippen LogP contribution in [0.25, 0.3) is 0 Å². The highest BCUT2D eigenvalue weighted by atomic mass is 31.1. The fourth-order valence-corrected chi connectivity index (χ4v) is 1.37. The quantitative estimate of drug-likeness (QED) is 0.536. The third-order valence-corrected chi connectivity index (χ3v) is 2.51. The number of hydrogen-bond donors (Lipinski definition) is 0. The molecule has 0 atom stereocenters. The molecule has 9 heavy (non-hydrogen) atoms. The fourth-order valence-electron chi connectivity index (χ4n) is 0.642. The minimum atomic E-state index is 0.0644. The van der Waals surface area contributed by atoms with Crippen LogP contribution in [0.2, 0.25) is 0 Å². The van der Waals surface area contributed by atoms with Gasteiger partial charge in [-0.25, -0.2) is 0 Å². The van der Waals surface area contributed by atoms with E-state index in [2.05, 4.69) is 30.4 Å². The lowest BCUT2D eigenvalue weighted by atomic mass is 10.5. The zero-order valence-electron chi connectivity index (χ0n) is 5.70. The minimum Gasteiger partial charge on any atom is -0.265 e. The molecule has 2 heteroatoms. The molecule has 0 bridgehead atoms. The highest BCUT2D eigenvalue weighted by Gasteiger charge is 1.93. The van der Waals surface area contributed by atoms with Crippen LogP contribution >= 0.6 is 7.92 Å². The molecule has 0 unspecified atom stereocenters. The Labute approximate surface area is 56.9 Å². The van der Waals surface area contributed by atoms with Crippen LogP contribution in [0.4, 0.5) is 0 Å². The first-order chi connectivity index (χ1) is 4.30. The Bertz CT molecular complexity index is 172. The van der Waals surface area contributed by atoms with Crippen molar-refractivity contribution in [3.05, 3.63) is 24.5 Å². The standard InChI is InChI=1S/C7H10NP/c1-9(2)7-3-5-8-6-4-7/h3-6H,1-2H3. The van der Waals surface area contributed by atoms with Crippen LogP contribution in [0.3, 0.4) is 0 Å². The molecule has 0 aliphatic carbocycles. The molecule has 1 nitrogen and oxygen atoms in total. The van der Waals surface area contributed by atoms with Gasteiger partial charge in [0.15, 0.2) is 0 Å². The predicted molar refractivity (Wildman–Crippen MR) is 42.6 cm³/mol. The van der Waals surface area contributed by atoms with Crippen molar-refractivity contribution in [3.8, 4) is 0 Å². The lowest BCUT2D eigenvalue weighted by Crippen LogP contribution is -1.96. The molecule has 0 saturated carbocycles. The van der Waals surface area contributed by atoms with Gasteiger partial charge in [-0.3, -0.25) is 4.98 Å². The van der Waals surface area contributed by atoms with E-state index in [1.807, 2.05) is 12.4 Å². The van der Waals surface area contributed by atoms with Crippen molar-refractivity contribution in [1.82, 2.24) is 4.98 Å². The van der Waals surface area contributed by atoms with Gasteiger partial charge in [-0.15, -0.1) is 0 Å². The van der Waals surface area contributed by atoms with Gasteiger partial charge in [0, 0.05) is 12.4 Å². The number of aromatic nitrogens is 1. The van der Waals surface area contributed by atoms with Gasteiger partial charge in [0.1, 0.15) is 0 Å². The first-order valence-electron chi connectivity index (χ1n) is 2.88. The first kappa shape index (κ1) is 6.70. The predicted octanol–water partition coefficient (Wildman–Crippen LogP) is 1.45. The van der Waals surface area contributed by atoms with Crippen LogP contribution in [0.1, 0.15) is 0 Å². The minimum absolute atomic E-state index is 0.0644. The maximum absolute atomic E-state index is 3.94. The Hall–Kier alpha value is -0.420. The van der Waals surface area contributed by atoms with Crippen molar-refractivity contribution in [3.63, 3.8) is 0 Å². The molecule has 0 spiro atoms. The smallest absolute Gasteiger partial charge is 0.0274 e. The van der Waals surface area contributed by atoms with Gasteiger partial charge in [0.05, 0.1) is 0 Å². The summed E-state index contributed by atoms with van der Waals surface area (Å²) in [5.41, 5.74) is 0. The van der Waals surface area contributed by atoms with Gasteiger partial charge in [-0.05, 0) is 30.8 Å². The number of rotatable bonds is 1. The van der Waals surface area contributed by atoms with E-state index < -0.39 is 0 Å². The average molecular weight is 139 g/mol. The van der Waals surface area contributed by atoms with Gasteiger partial charge >= 0.3 is 0 Å². The summed E-state index contributed by atoms with van der Waals surface area (Å²) < 4.78 is 0. The van der Waals surface area contributed by atoms with Gasteiger partial charge < -0.3 is 0 Å². The molecule has 1 rings (SSSR count). The van der Waals surface area contributed by atoms with Crippen molar-refractivity contribution < 1.29 is 0 Å². The molecule has 0 fully saturated rings. The van der Waals surface area contributed by atoms with Crippen LogP contribution in [0.5, 0.6) is 0 Å². The summed E-state index contributed by atoms with van der Waals surface area (Å²) in [5.74, 6) is 0. The highest BCUT2D eigenvalue weighted by molar-refractivity contribution is 7.64. The van der Waals surface area contributed by atoms with E-state index in [0.717, 1.165) is 0 Å². The average Bonchev–Trinajstić information content (AvgIpc) is 1.90. The van der Waals surface area contributed by atoms with Crippen LogP contribution in [0, 0.1) is 0 Å². The normalized spacial score (nSPS) is 10.1. The zero-order chi connectivity index (χ0) is 6.69. The summed E-state index contributed by atoms with van der Waals surface area (Å²) in [5, 5.41) is 1.42. The zero-order valence-corrected chi connectivity index (χ0v) is 6.60. The van der Waals surface area contributed by atoms with E-state index in [4.69, 9.17) is 0 Å². The van der Waals surface area contributed by atoms with Crippen LogP contribution < -0.4 is 5.30 Å². The maximum atomic E-state index is 3.94. The van der Waals surface area contributed by atoms with E-state index in [1.54, 1.807) is 0 Å². The SMILES string of the molecule is CP(C)c1ccncc1. The summed E-state index contributed by atoms with van der Waals surface area (Å²) in [4.78, 5) is 3.94. The lowest BCUT2D eigenvalue weighted by Gasteiger charge is -2.02. The lowest BCUT2D eigenvalue weighted by molar-refractivity contribution is 1.34. The van der Waals surface area contributed by atoms with E-state index in [1.165, 1.54) is 5.30 Å². The molecular formula is C7H10NP. The van der Waals surface area contributed by atoms with Crippen molar-refractivity contribution in [2.75, 3.05) is 13.3 Å². The molecule has 0 aliphatic heterocycles. The van der Waals surface area contributed by atoms with E-state index in [0.29, 0.717) is 0 Å². The Morgan fingerprint density at radius 2 is 1.78 bits per heavy atom. The van der Waals surface area contributed by atoms with Crippen LogP contribution in [-0.4, -0.2) is 18.3 Å². The molecule has 0 amide bonds. The maximum Gasteiger partial charge on any atom is 0.0274 e. The molecule has 1 heterocycles. The van der Waals surface area contributed by atoms with Crippen molar-refractivity contribution in [2.45, 2.75) is 0 Å². The Morgan fingerprint density at radius 3 is 2.11 bits per heavy atom. The second-order valence-corrected chi connectivity index (χ2v) is 4.41. The fraction of sp³-hybridized carbons (Fsp3) is 0.286. The molecule has 1 aromatic rings. The van der Waals surface area contributed by atoms with Crippen molar-refractivity contribution >= 4 is 13.2 Å². The third kappa shape index (κ3) is 1.76. The second-order valence-electron chi connectivity index (χ2n) is 2.10. The second kappa shape index (κ2) is 2.93. The molecule has 0 N–H and O–H groups in total. The summed E-state index contributed by atoms with van der Waals surface area (Å²) in [6.45, 7) is 4.48. The monoisotopic (exact) mass is 139 g/mol. The topological polar surface area (TPSA) is 12.9 Å². The van der Waals surface area contributed by atoms with E-state index >= 15 is 0 Å². The van der Waals surface area contributed by atoms with Crippen molar-refractivity contribution in [1.29, 1.82) is 0 Å². The van der Waals surface area contributed by atoms with Gasteiger partial charge in [0.25, 0.3) is 0 Å². The van der Waals surface area contributed by atoms with Gasteiger partial charge in [0.2, 0.25) is 0 Å². The van der Waals surface area contributed by atoms with Crippen LogP contribution in [0.15, 0.2) is 24.5 Å². The largest absolute Gasteiger partial charge is 0.265 e. The molecular weight excluding hydrogens is 129 g/mol. The van der Waals surface area contributed by atoms with Crippen molar-refractivity contribution in [2.24, 2.45) is 0 Å². The molecule has 0 aliphatic rings. The van der Waals surface area contributed by atoms with E-state index in [-0.39, 0.29) is 7.92 Å². The Balaban J connectivity index is 2.85. The van der Waals surface area contributed by atoms with Crippen LogP contribution in [-0.2, 0) is 0 Å². The summed E-state index contributed by atoms with van der Waals surface area (Å²) >= 11 is 0. The highest BCUT2D eigenvalue weighted by Crippen LogP contribution is 2.21. The number of pyridine rings is 1. The third-order valence-electron chi connectivity index (χ3n) is 1.18. The number of nitrogens with zero attached hydrogens (tertiary/aromatic N) is 1. The molecule has 48 valence electrons. The van der Waals surface area contributed by atoms with Gasteiger partial charge in [-0.1, -0.05) is 7.92 Å².